The van der Waals surface area contributed by atoms with E-state index in [-0.39, 0.29) is 5.69 Å². The lowest BCUT2D eigenvalue weighted by molar-refractivity contribution is 0.0690. The van der Waals surface area contributed by atoms with E-state index in [9.17, 15) is 4.79 Å². The molecule has 110 valence electrons. The van der Waals surface area contributed by atoms with E-state index >= 15 is 0 Å². The fourth-order valence-corrected chi connectivity index (χ4v) is 2.93. The van der Waals surface area contributed by atoms with E-state index in [1.807, 2.05) is 13.8 Å². The summed E-state index contributed by atoms with van der Waals surface area (Å²) in [5.41, 5.74) is 2.99. The molecule has 0 atom stereocenters. The zero-order valence-corrected chi connectivity index (χ0v) is 12.9. The minimum absolute atomic E-state index is 0.0474. The number of hydrogen-bond acceptors (Lipinski definition) is 5. The van der Waals surface area contributed by atoms with E-state index < -0.39 is 5.97 Å². The highest BCUT2D eigenvalue weighted by atomic mass is 32.2. The molecule has 2 aromatic rings. The summed E-state index contributed by atoms with van der Waals surface area (Å²) in [6.45, 7) is 3.93. The van der Waals surface area contributed by atoms with Crippen LogP contribution in [0.15, 0.2) is 29.4 Å². The normalized spacial score (nSPS) is 10.4. The van der Waals surface area contributed by atoms with Gasteiger partial charge in [0.25, 0.3) is 0 Å². The van der Waals surface area contributed by atoms with Crippen molar-refractivity contribution in [2.24, 2.45) is 0 Å². The van der Waals surface area contributed by atoms with Gasteiger partial charge in [0.1, 0.15) is 11.4 Å². The molecule has 0 radical (unpaired) electrons. The third-order valence-electron chi connectivity index (χ3n) is 3.08. The predicted octanol–water partition coefficient (Wildman–Crippen LogP) is 3.09. The molecule has 0 saturated carbocycles. The molecule has 0 saturated heterocycles. The highest BCUT2D eigenvalue weighted by Crippen LogP contribution is 2.29. The van der Waals surface area contributed by atoms with Gasteiger partial charge in [0.05, 0.1) is 12.8 Å². The molecule has 0 aliphatic rings. The van der Waals surface area contributed by atoms with Gasteiger partial charge in [-0.1, -0.05) is 0 Å². The van der Waals surface area contributed by atoms with Crippen molar-refractivity contribution in [2.45, 2.75) is 24.5 Å². The Labute approximate surface area is 127 Å². The van der Waals surface area contributed by atoms with Crippen LogP contribution in [-0.2, 0) is 5.75 Å². The molecule has 0 amide bonds. The van der Waals surface area contributed by atoms with Crippen LogP contribution in [0.25, 0.3) is 0 Å². The van der Waals surface area contributed by atoms with Crippen LogP contribution in [0.2, 0.25) is 0 Å². The molecule has 0 aliphatic heterocycles. The summed E-state index contributed by atoms with van der Waals surface area (Å²) in [6, 6.07) is 3.35. The number of methoxy groups -OCH3 is 1. The first-order valence-corrected chi connectivity index (χ1v) is 7.32. The van der Waals surface area contributed by atoms with Gasteiger partial charge in [-0.25, -0.2) is 9.78 Å². The maximum atomic E-state index is 10.9. The number of rotatable bonds is 5. The van der Waals surface area contributed by atoms with Crippen molar-refractivity contribution in [3.63, 3.8) is 0 Å². The first-order valence-electron chi connectivity index (χ1n) is 6.34. The number of aromatic carboxylic acids is 1. The van der Waals surface area contributed by atoms with Crippen LogP contribution in [-0.4, -0.2) is 28.2 Å². The van der Waals surface area contributed by atoms with E-state index in [4.69, 9.17) is 9.84 Å². The molecule has 0 unspecified atom stereocenters. The SMILES string of the molecule is COc1c(C)cnc(CSc2ccnc(C(=O)O)c2)c1C. The van der Waals surface area contributed by atoms with Crippen LogP contribution in [0.5, 0.6) is 5.75 Å². The first kappa shape index (κ1) is 15.3. The Kier molecular flexibility index (Phi) is 4.80. The summed E-state index contributed by atoms with van der Waals surface area (Å²) >= 11 is 1.52. The monoisotopic (exact) mass is 304 g/mol. The number of carbonyl (C=O) groups is 1. The lowest BCUT2D eigenvalue weighted by atomic mass is 10.1. The van der Waals surface area contributed by atoms with E-state index in [1.54, 1.807) is 25.4 Å². The Morgan fingerprint density at radius 3 is 2.81 bits per heavy atom. The molecule has 2 heterocycles. The highest BCUT2D eigenvalue weighted by molar-refractivity contribution is 7.98. The third kappa shape index (κ3) is 3.52. The number of hydrogen-bond donors (Lipinski definition) is 1. The van der Waals surface area contributed by atoms with Gasteiger partial charge in [-0.15, -0.1) is 11.8 Å². The lowest BCUT2D eigenvalue weighted by Crippen LogP contribution is -2.00. The first-order chi connectivity index (χ1) is 10.0. The zero-order chi connectivity index (χ0) is 15.4. The van der Waals surface area contributed by atoms with E-state index in [0.29, 0.717) is 5.75 Å². The Morgan fingerprint density at radius 2 is 2.14 bits per heavy atom. The minimum atomic E-state index is -1.02. The van der Waals surface area contributed by atoms with Gasteiger partial charge in [-0.05, 0) is 26.0 Å². The summed E-state index contributed by atoms with van der Waals surface area (Å²) in [5, 5.41) is 8.94. The van der Waals surface area contributed by atoms with Crippen LogP contribution in [0.4, 0.5) is 0 Å². The molecule has 0 aromatic carbocycles. The van der Waals surface area contributed by atoms with E-state index in [2.05, 4.69) is 9.97 Å². The Bertz CT molecular complexity index is 674. The number of aryl methyl sites for hydroxylation is 1. The van der Waals surface area contributed by atoms with Crippen LogP contribution in [0.1, 0.15) is 27.3 Å². The summed E-state index contributed by atoms with van der Waals surface area (Å²) in [5.74, 6) is 0.469. The van der Waals surface area contributed by atoms with Crippen LogP contribution < -0.4 is 4.74 Å². The maximum absolute atomic E-state index is 10.9. The predicted molar refractivity (Wildman–Crippen MR) is 81.0 cm³/mol. The number of carboxylic acids is 1. The summed E-state index contributed by atoms with van der Waals surface area (Å²) < 4.78 is 5.38. The average Bonchev–Trinajstić information content (AvgIpc) is 2.47. The third-order valence-corrected chi connectivity index (χ3v) is 4.08. The Hall–Kier alpha value is -2.08. The fraction of sp³-hybridized carbons (Fsp3) is 0.267. The number of carboxylic acid groups (broad SMARTS) is 1. The van der Waals surface area contributed by atoms with Crippen molar-refractivity contribution in [3.8, 4) is 5.75 Å². The number of ether oxygens (including phenoxy) is 1. The second-order valence-corrected chi connectivity index (χ2v) is 5.57. The fourth-order valence-electron chi connectivity index (χ4n) is 1.99. The van der Waals surface area contributed by atoms with Crippen molar-refractivity contribution in [3.05, 3.63) is 47.0 Å². The number of aromatic nitrogens is 2. The van der Waals surface area contributed by atoms with Crippen molar-refractivity contribution in [1.29, 1.82) is 0 Å². The second kappa shape index (κ2) is 6.58. The smallest absolute Gasteiger partial charge is 0.354 e. The van der Waals surface area contributed by atoms with E-state index in [0.717, 1.165) is 27.5 Å². The molecule has 0 fully saturated rings. The molecule has 0 bridgehead atoms. The largest absolute Gasteiger partial charge is 0.496 e. The van der Waals surface area contributed by atoms with Crippen molar-refractivity contribution in [1.82, 2.24) is 9.97 Å². The van der Waals surface area contributed by atoms with E-state index in [1.165, 1.54) is 18.0 Å². The standard InChI is InChI=1S/C15H16N2O3S/c1-9-7-17-13(10(2)14(9)20-3)8-21-11-4-5-16-12(6-11)15(18)19/h4-7H,8H2,1-3H3,(H,18,19). The highest BCUT2D eigenvalue weighted by Gasteiger charge is 2.11. The summed E-state index contributed by atoms with van der Waals surface area (Å²) in [7, 11) is 1.65. The maximum Gasteiger partial charge on any atom is 0.354 e. The molecule has 2 aromatic heterocycles. The van der Waals surface area contributed by atoms with Gasteiger partial charge in [0.2, 0.25) is 0 Å². The quantitative estimate of drug-likeness (QED) is 0.856. The summed E-state index contributed by atoms with van der Waals surface area (Å²) in [4.78, 5) is 20.0. The zero-order valence-electron chi connectivity index (χ0n) is 12.1. The molecule has 2 rings (SSSR count). The molecule has 0 aliphatic carbocycles. The minimum Gasteiger partial charge on any atom is -0.496 e. The Morgan fingerprint density at radius 1 is 1.38 bits per heavy atom. The van der Waals surface area contributed by atoms with Gasteiger partial charge in [-0.3, -0.25) is 4.98 Å². The molecule has 5 nitrogen and oxygen atoms in total. The molecular weight excluding hydrogens is 288 g/mol. The van der Waals surface area contributed by atoms with Gasteiger partial charge < -0.3 is 9.84 Å². The van der Waals surface area contributed by atoms with Crippen molar-refractivity contribution >= 4 is 17.7 Å². The van der Waals surface area contributed by atoms with Crippen molar-refractivity contribution < 1.29 is 14.6 Å². The number of nitrogens with zero attached hydrogens (tertiary/aromatic N) is 2. The topological polar surface area (TPSA) is 72.3 Å². The second-order valence-electron chi connectivity index (χ2n) is 4.52. The van der Waals surface area contributed by atoms with Crippen LogP contribution in [0, 0.1) is 13.8 Å². The van der Waals surface area contributed by atoms with Crippen LogP contribution >= 0.6 is 11.8 Å². The molecule has 21 heavy (non-hydrogen) atoms. The van der Waals surface area contributed by atoms with Gasteiger partial charge in [-0.2, -0.15) is 0 Å². The molecule has 0 spiro atoms. The average molecular weight is 304 g/mol. The Balaban J connectivity index is 2.17. The number of thioether (sulfide) groups is 1. The molecular formula is C15H16N2O3S. The van der Waals surface area contributed by atoms with Crippen molar-refractivity contribution in [2.75, 3.05) is 7.11 Å². The molecule has 6 heteroatoms. The number of pyridine rings is 2. The molecule has 1 N–H and O–H groups in total. The van der Waals surface area contributed by atoms with Gasteiger partial charge in [0.15, 0.2) is 0 Å². The summed E-state index contributed by atoms with van der Waals surface area (Å²) in [6.07, 6.45) is 3.29. The van der Waals surface area contributed by atoms with Crippen LogP contribution in [0.3, 0.4) is 0 Å². The van der Waals surface area contributed by atoms with Gasteiger partial charge >= 0.3 is 5.97 Å². The lowest BCUT2D eigenvalue weighted by Gasteiger charge is -2.12. The van der Waals surface area contributed by atoms with Gasteiger partial charge in [0, 0.05) is 34.2 Å².